The number of methoxy groups -OCH3 is 1. The van der Waals surface area contributed by atoms with Crippen LogP contribution in [0.25, 0.3) is 0 Å². The van der Waals surface area contributed by atoms with Crippen LogP contribution in [-0.4, -0.2) is 57.0 Å². The molecule has 0 aromatic carbocycles. The molecular formula is C11H14FN3O5. The lowest BCUT2D eigenvalue weighted by molar-refractivity contribution is -0.111. The molecule has 110 valence electrons. The van der Waals surface area contributed by atoms with Gasteiger partial charge in [0.25, 0.3) is 0 Å². The van der Waals surface area contributed by atoms with Crippen LogP contribution in [0, 0.1) is 0 Å². The lowest BCUT2D eigenvalue weighted by Gasteiger charge is -2.22. The van der Waals surface area contributed by atoms with E-state index < -0.39 is 35.4 Å². The summed E-state index contributed by atoms with van der Waals surface area (Å²) in [7, 11) is 1.33. The average molecular weight is 287 g/mol. The fraction of sp³-hybridized carbons (Fsp3) is 0.636. The van der Waals surface area contributed by atoms with Gasteiger partial charge >= 0.3 is 5.69 Å². The minimum atomic E-state index is -2.09. The third kappa shape index (κ3) is 1.37. The van der Waals surface area contributed by atoms with Crippen molar-refractivity contribution in [3.05, 3.63) is 22.7 Å². The Kier molecular flexibility index (Phi) is 2.67. The largest absolute Gasteiger partial charge is 0.387 e. The first kappa shape index (κ1) is 13.4. The van der Waals surface area contributed by atoms with Gasteiger partial charge < -0.3 is 25.4 Å². The van der Waals surface area contributed by atoms with Gasteiger partial charge in [-0.3, -0.25) is 4.57 Å². The van der Waals surface area contributed by atoms with Gasteiger partial charge in [-0.2, -0.15) is 4.98 Å². The van der Waals surface area contributed by atoms with Gasteiger partial charge in [0.1, 0.15) is 11.9 Å². The number of nitrogens with two attached hydrogens (primary N) is 1. The van der Waals surface area contributed by atoms with Gasteiger partial charge in [-0.25, -0.2) is 9.18 Å². The van der Waals surface area contributed by atoms with Crippen molar-refractivity contribution in [1.82, 2.24) is 9.55 Å². The van der Waals surface area contributed by atoms with E-state index in [4.69, 9.17) is 15.2 Å². The number of aliphatic hydroxyl groups is 2. The maximum absolute atomic E-state index is 14.4. The van der Waals surface area contributed by atoms with Crippen LogP contribution >= 0.6 is 0 Å². The molecule has 0 amide bonds. The first-order chi connectivity index (χ1) is 9.38. The van der Waals surface area contributed by atoms with Crippen LogP contribution in [0.15, 0.2) is 17.1 Å². The molecule has 2 aliphatic rings. The number of hydrogen-bond acceptors (Lipinski definition) is 7. The number of anilines is 1. The molecule has 1 aromatic rings. The SMILES string of the molecule is COC[C@]12O[C@@H](n3ccc(N)nc3=O)[C@H](F)[C@]1(O)C2O. The minimum absolute atomic E-state index is 0.00448. The summed E-state index contributed by atoms with van der Waals surface area (Å²) < 4.78 is 25.5. The zero-order chi connectivity index (χ0) is 14.7. The molecule has 2 fully saturated rings. The van der Waals surface area contributed by atoms with Crippen molar-refractivity contribution in [2.45, 2.75) is 29.7 Å². The van der Waals surface area contributed by atoms with Gasteiger partial charge in [0.2, 0.25) is 0 Å². The second-order valence-electron chi connectivity index (χ2n) is 5.00. The lowest BCUT2D eigenvalue weighted by Crippen LogP contribution is -2.38. The predicted octanol–water partition coefficient (Wildman–Crippen LogP) is -1.82. The predicted molar refractivity (Wildman–Crippen MR) is 63.5 cm³/mol. The Balaban J connectivity index is 1.97. The normalized spacial score (nSPS) is 42.5. The van der Waals surface area contributed by atoms with Gasteiger partial charge in [0, 0.05) is 13.3 Å². The van der Waals surface area contributed by atoms with E-state index in [2.05, 4.69) is 4.98 Å². The molecule has 4 N–H and O–H groups in total. The Morgan fingerprint density at radius 1 is 1.70 bits per heavy atom. The van der Waals surface area contributed by atoms with E-state index in [0.717, 1.165) is 4.57 Å². The number of alkyl halides is 1. The second kappa shape index (κ2) is 3.98. The van der Waals surface area contributed by atoms with E-state index in [0.29, 0.717) is 0 Å². The van der Waals surface area contributed by atoms with Crippen LogP contribution < -0.4 is 11.4 Å². The topological polar surface area (TPSA) is 120 Å². The van der Waals surface area contributed by atoms with Crippen molar-refractivity contribution in [3.8, 4) is 0 Å². The molecule has 3 rings (SSSR count). The molecule has 20 heavy (non-hydrogen) atoms. The smallest absolute Gasteiger partial charge is 0.351 e. The quantitative estimate of drug-likeness (QED) is 0.599. The summed E-state index contributed by atoms with van der Waals surface area (Å²) in [5.74, 6) is -0.00448. The molecule has 0 bridgehead atoms. The van der Waals surface area contributed by atoms with Crippen LogP contribution in [-0.2, 0) is 9.47 Å². The summed E-state index contributed by atoms with van der Waals surface area (Å²) >= 11 is 0. The molecule has 9 heteroatoms. The number of nitrogen functional groups attached to an aromatic ring is 1. The molecule has 2 heterocycles. The van der Waals surface area contributed by atoms with Crippen molar-refractivity contribution < 1.29 is 24.1 Å². The first-order valence-corrected chi connectivity index (χ1v) is 5.94. The fourth-order valence-electron chi connectivity index (χ4n) is 2.79. The number of fused-ring (bicyclic) bond motifs is 1. The highest BCUT2D eigenvalue weighted by Gasteiger charge is 2.88. The summed E-state index contributed by atoms with van der Waals surface area (Å²) in [6.07, 6.45) is -3.56. The molecule has 1 unspecified atom stereocenters. The molecule has 1 aromatic heterocycles. The van der Waals surface area contributed by atoms with E-state index in [9.17, 15) is 19.4 Å². The van der Waals surface area contributed by atoms with Crippen molar-refractivity contribution in [1.29, 1.82) is 0 Å². The highest BCUT2D eigenvalue weighted by molar-refractivity contribution is 5.36. The third-order valence-corrected chi connectivity index (χ3v) is 3.94. The average Bonchev–Trinajstić information content (AvgIpc) is 2.73. The Labute approximate surface area is 112 Å². The standard InChI is InChI=1S/C11H14FN3O5/c1-19-4-10-8(16)11(10,18)6(12)7(20-10)15-3-2-5(13)14-9(15)17/h2-3,6-8,16,18H,4H2,1H3,(H2,13,14,17)/t6-,7+,8?,10+,11-/m0/s1. The van der Waals surface area contributed by atoms with Gasteiger partial charge in [-0.05, 0) is 6.07 Å². The number of ether oxygens (including phenoxy) is 2. The number of halogens is 1. The summed E-state index contributed by atoms with van der Waals surface area (Å²) in [6, 6.07) is 1.31. The Bertz CT molecular complexity index is 610. The van der Waals surface area contributed by atoms with Crippen molar-refractivity contribution in [2.75, 3.05) is 19.5 Å². The van der Waals surface area contributed by atoms with Crippen molar-refractivity contribution in [2.24, 2.45) is 0 Å². The zero-order valence-corrected chi connectivity index (χ0v) is 10.6. The number of rotatable bonds is 3. The number of aliphatic hydroxyl groups excluding tert-OH is 1. The van der Waals surface area contributed by atoms with Crippen LogP contribution in [0.4, 0.5) is 10.2 Å². The number of hydrogen-bond donors (Lipinski definition) is 3. The molecule has 1 saturated heterocycles. The van der Waals surface area contributed by atoms with E-state index in [1.54, 1.807) is 0 Å². The lowest BCUT2D eigenvalue weighted by atomic mass is 10.1. The molecular weight excluding hydrogens is 273 g/mol. The summed E-state index contributed by atoms with van der Waals surface area (Å²) in [5, 5.41) is 19.9. The zero-order valence-electron chi connectivity index (χ0n) is 10.6. The van der Waals surface area contributed by atoms with Gasteiger partial charge in [-0.1, -0.05) is 0 Å². The first-order valence-electron chi connectivity index (χ1n) is 5.94. The molecule has 0 spiro atoms. The van der Waals surface area contributed by atoms with Crippen molar-refractivity contribution >= 4 is 5.82 Å². The Morgan fingerprint density at radius 2 is 2.40 bits per heavy atom. The highest BCUT2D eigenvalue weighted by atomic mass is 19.1. The monoisotopic (exact) mass is 287 g/mol. The number of nitrogens with zero attached hydrogens (tertiary/aromatic N) is 2. The molecule has 1 aliphatic heterocycles. The molecule has 8 nitrogen and oxygen atoms in total. The molecule has 5 atom stereocenters. The van der Waals surface area contributed by atoms with E-state index in [1.165, 1.54) is 19.4 Å². The van der Waals surface area contributed by atoms with Crippen LogP contribution in [0.5, 0.6) is 0 Å². The van der Waals surface area contributed by atoms with Gasteiger partial charge in [0.15, 0.2) is 23.6 Å². The maximum atomic E-state index is 14.4. The van der Waals surface area contributed by atoms with Crippen LogP contribution in [0.3, 0.4) is 0 Å². The number of aromatic nitrogens is 2. The van der Waals surface area contributed by atoms with Crippen LogP contribution in [0.2, 0.25) is 0 Å². The van der Waals surface area contributed by atoms with Gasteiger partial charge in [-0.15, -0.1) is 0 Å². The summed E-state index contributed by atoms with van der Waals surface area (Å²) in [5.41, 5.74) is 0.897. The molecule has 1 saturated carbocycles. The fourth-order valence-corrected chi connectivity index (χ4v) is 2.79. The minimum Gasteiger partial charge on any atom is -0.387 e. The summed E-state index contributed by atoms with van der Waals surface area (Å²) in [6.45, 7) is -0.196. The molecule has 1 aliphatic carbocycles. The summed E-state index contributed by atoms with van der Waals surface area (Å²) in [4.78, 5) is 15.2. The maximum Gasteiger partial charge on any atom is 0.351 e. The van der Waals surface area contributed by atoms with Crippen LogP contribution in [0.1, 0.15) is 6.23 Å². The second-order valence-corrected chi connectivity index (χ2v) is 5.00. The van der Waals surface area contributed by atoms with E-state index >= 15 is 0 Å². The van der Waals surface area contributed by atoms with Gasteiger partial charge in [0.05, 0.1) is 6.61 Å². The Morgan fingerprint density at radius 3 is 3.00 bits per heavy atom. The third-order valence-electron chi connectivity index (χ3n) is 3.94. The van der Waals surface area contributed by atoms with E-state index in [1.807, 2.05) is 0 Å². The highest BCUT2D eigenvalue weighted by Crippen LogP contribution is 2.63. The Hall–Kier alpha value is -1.55. The van der Waals surface area contributed by atoms with E-state index in [-0.39, 0.29) is 12.4 Å². The van der Waals surface area contributed by atoms with Crippen molar-refractivity contribution in [3.63, 3.8) is 0 Å². The molecule has 0 radical (unpaired) electrons.